The van der Waals surface area contributed by atoms with Crippen molar-refractivity contribution < 1.29 is 33.2 Å². The van der Waals surface area contributed by atoms with Gasteiger partial charge in [-0.05, 0) is 61.4 Å². The molecule has 0 bridgehead atoms. The summed E-state index contributed by atoms with van der Waals surface area (Å²) in [6.45, 7) is 1.70. The van der Waals surface area contributed by atoms with Crippen molar-refractivity contribution in [3.05, 3.63) is 74.4 Å². The Morgan fingerprint density at radius 2 is 1.89 bits per heavy atom. The minimum absolute atomic E-state index is 0.0496. The number of aromatic nitrogens is 1. The third kappa shape index (κ3) is 7.41. The molecule has 2 aromatic carbocycles. The van der Waals surface area contributed by atoms with E-state index in [0.29, 0.717) is 27.5 Å². The van der Waals surface area contributed by atoms with Gasteiger partial charge in [-0.1, -0.05) is 11.6 Å². The summed E-state index contributed by atoms with van der Waals surface area (Å²) in [6.07, 6.45) is -0.420. The lowest BCUT2D eigenvalue weighted by Crippen LogP contribution is -2.36. The Bertz CT molecular complexity index is 1310. The molecule has 1 aromatic heterocycles. The standard InChI is InChI=1S/C23H25ClN4O8S/c1-15-19(10-13-35-23(30)26-37(33)25-11-3-12-36-28(31)32)20-14-18(34-2)8-9-21(20)27(15)22(29)16-4-6-17(24)7-5-16/h4-9,14,25H,3,10-13H2,1-2H3,(H,26,30). The van der Waals surface area contributed by atoms with Crippen LogP contribution in [0.25, 0.3) is 10.9 Å². The van der Waals surface area contributed by atoms with Crippen LogP contribution in [0.3, 0.4) is 0 Å². The van der Waals surface area contributed by atoms with E-state index >= 15 is 0 Å². The maximum absolute atomic E-state index is 13.3. The molecular weight excluding hydrogens is 528 g/mol. The van der Waals surface area contributed by atoms with Crippen LogP contribution in [0.5, 0.6) is 5.75 Å². The zero-order valence-corrected chi connectivity index (χ0v) is 21.6. The van der Waals surface area contributed by atoms with Crippen molar-refractivity contribution in [3.8, 4) is 5.75 Å². The molecule has 12 nitrogen and oxygen atoms in total. The largest absolute Gasteiger partial charge is 0.497 e. The molecule has 1 heterocycles. The Kier molecular flexibility index (Phi) is 9.83. The van der Waals surface area contributed by atoms with Crippen LogP contribution in [-0.2, 0) is 27.2 Å². The summed E-state index contributed by atoms with van der Waals surface area (Å²) in [5.41, 5.74) is 2.59. The molecule has 0 saturated carbocycles. The second kappa shape index (κ2) is 13.0. The van der Waals surface area contributed by atoms with Crippen LogP contribution >= 0.6 is 11.6 Å². The average molecular weight is 553 g/mol. The Hall–Kier alpha value is -3.68. The lowest BCUT2D eigenvalue weighted by atomic mass is 10.1. The molecule has 0 aliphatic rings. The molecule has 2 N–H and O–H groups in total. The summed E-state index contributed by atoms with van der Waals surface area (Å²) in [4.78, 5) is 39.6. The van der Waals surface area contributed by atoms with E-state index in [0.717, 1.165) is 10.9 Å². The normalized spacial score (nSPS) is 11.6. The van der Waals surface area contributed by atoms with Gasteiger partial charge in [0, 0.05) is 34.6 Å². The molecule has 0 fully saturated rings. The highest BCUT2D eigenvalue weighted by atomic mass is 35.5. The summed E-state index contributed by atoms with van der Waals surface area (Å²) in [5, 5.41) is 10.4. The fraction of sp³-hybridized carbons (Fsp3) is 0.304. The minimum atomic E-state index is -1.94. The number of methoxy groups -OCH3 is 1. The first-order valence-electron chi connectivity index (χ1n) is 11.1. The number of rotatable bonds is 12. The molecule has 0 aliphatic heterocycles. The highest BCUT2D eigenvalue weighted by Gasteiger charge is 2.21. The van der Waals surface area contributed by atoms with Crippen LogP contribution in [0.1, 0.15) is 28.0 Å². The number of ether oxygens (including phenoxy) is 2. The first kappa shape index (κ1) is 27.9. The zero-order valence-electron chi connectivity index (χ0n) is 20.0. The molecule has 1 atom stereocenters. The number of benzene rings is 2. The highest BCUT2D eigenvalue weighted by molar-refractivity contribution is 7.81. The Morgan fingerprint density at radius 3 is 2.57 bits per heavy atom. The van der Waals surface area contributed by atoms with E-state index < -0.39 is 22.4 Å². The summed E-state index contributed by atoms with van der Waals surface area (Å²) in [7, 11) is 1.54. The lowest BCUT2D eigenvalue weighted by Gasteiger charge is -2.09. The lowest BCUT2D eigenvalue weighted by molar-refractivity contribution is -0.757. The smallest absolute Gasteiger partial charge is 0.420 e. The van der Waals surface area contributed by atoms with E-state index in [-0.39, 0.29) is 38.5 Å². The van der Waals surface area contributed by atoms with Crippen LogP contribution in [0, 0.1) is 17.0 Å². The van der Waals surface area contributed by atoms with Crippen molar-refractivity contribution in [1.29, 1.82) is 0 Å². The number of carbonyl (C=O) groups excluding carboxylic acids is 2. The number of halogens is 1. The fourth-order valence-electron chi connectivity index (χ4n) is 3.65. The van der Waals surface area contributed by atoms with Gasteiger partial charge in [0.2, 0.25) is 0 Å². The van der Waals surface area contributed by atoms with Gasteiger partial charge in [-0.2, -0.15) is 0 Å². The van der Waals surface area contributed by atoms with Crippen LogP contribution in [0.4, 0.5) is 4.79 Å². The van der Waals surface area contributed by atoms with Crippen molar-refractivity contribution >= 4 is 45.7 Å². The van der Waals surface area contributed by atoms with E-state index in [9.17, 15) is 23.9 Å². The van der Waals surface area contributed by atoms with E-state index in [2.05, 4.69) is 14.3 Å². The quantitative estimate of drug-likeness (QED) is 0.197. The zero-order chi connectivity index (χ0) is 26.9. The van der Waals surface area contributed by atoms with E-state index in [1.807, 2.05) is 6.07 Å². The number of fused-ring (bicyclic) bond motifs is 1. The highest BCUT2D eigenvalue weighted by Crippen LogP contribution is 2.30. The molecule has 37 heavy (non-hydrogen) atoms. The van der Waals surface area contributed by atoms with E-state index in [1.54, 1.807) is 55.0 Å². The monoisotopic (exact) mass is 552 g/mol. The summed E-state index contributed by atoms with van der Waals surface area (Å²) >= 11 is 4.02. The second-order valence-corrected chi connectivity index (χ2v) is 9.12. The number of carbonyl (C=O) groups is 2. The first-order valence-corrected chi connectivity index (χ1v) is 12.6. The van der Waals surface area contributed by atoms with Crippen LogP contribution in [0.15, 0.2) is 42.5 Å². The van der Waals surface area contributed by atoms with Gasteiger partial charge >= 0.3 is 6.09 Å². The maximum Gasteiger partial charge on any atom is 0.420 e. The molecule has 1 unspecified atom stereocenters. The van der Waals surface area contributed by atoms with Crippen molar-refractivity contribution in [1.82, 2.24) is 14.0 Å². The van der Waals surface area contributed by atoms with Crippen LogP contribution in [0.2, 0.25) is 5.02 Å². The van der Waals surface area contributed by atoms with Crippen molar-refractivity contribution in [2.75, 3.05) is 26.9 Å². The predicted octanol–water partition coefficient (Wildman–Crippen LogP) is 3.34. The predicted molar refractivity (Wildman–Crippen MR) is 136 cm³/mol. The molecule has 3 aromatic rings. The number of amides is 1. The van der Waals surface area contributed by atoms with E-state index in [4.69, 9.17) is 21.1 Å². The topological polar surface area (TPSA) is 151 Å². The number of hydrogen-bond acceptors (Lipinski definition) is 8. The Balaban J connectivity index is 1.67. The molecule has 198 valence electrons. The van der Waals surface area contributed by atoms with Crippen LogP contribution in [-0.4, -0.2) is 52.7 Å². The van der Waals surface area contributed by atoms with Crippen molar-refractivity contribution in [3.63, 3.8) is 0 Å². The average Bonchev–Trinajstić information content (AvgIpc) is 3.14. The van der Waals surface area contributed by atoms with Gasteiger partial charge in [-0.3, -0.25) is 9.36 Å². The molecule has 3 rings (SSSR count). The summed E-state index contributed by atoms with van der Waals surface area (Å²) in [5.74, 6) is 0.368. The summed E-state index contributed by atoms with van der Waals surface area (Å²) in [6, 6.07) is 11.9. The van der Waals surface area contributed by atoms with E-state index in [1.165, 1.54) is 0 Å². The van der Waals surface area contributed by atoms with Gasteiger partial charge in [-0.15, -0.1) is 10.1 Å². The molecule has 14 heteroatoms. The van der Waals surface area contributed by atoms with Gasteiger partial charge in [0.1, 0.15) is 5.75 Å². The van der Waals surface area contributed by atoms with Gasteiger partial charge in [0.05, 0.1) is 25.8 Å². The summed E-state index contributed by atoms with van der Waals surface area (Å²) < 4.78 is 28.6. The number of nitrogens with one attached hydrogen (secondary N) is 2. The third-order valence-electron chi connectivity index (χ3n) is 5.35. The molecule has 1 amide bonds. The van der Waals surface area contributed by atoms with Gasteiger partial charge in [0.15, 0.2) is 11.2 Å². The van der Waals surface area contributed by atoms with Gasteiger partial charge in [0.25, 0.3) is 11.0 Å². The second-order valence-electron chi connectivity index (χ2n) is 7.66. The Morgan fingerprint density at radius 1 is 1.16 bits per heavy atom. The first-order chi connectivity index (χ1) is 17.7. The van der Waals surface area contributed by atoms with Crippen molar-refractivity contribution in [2.24, 2.45) is 0 Å². The number of hydrogen-bond donors (Lipinski definition) is 2. The maximum atomic E-state index is 13.3. The molecule has 0 saturated heterocycles. The number of nitrogens with zero attached hydrogens (tertiary/aromatic N) is 2. The van der Waals surface area contributed by atoms with Crippen LogP contribution < -0.4 is 14.2 Å². The fourth-order valence-corrected chi connectivity index (χ4v) is 4.39. The van der Waals surface area contributed by atoms with Crippen molar-refractivity contribution in [2.45, 2.75) is 19.8 Å². The molecule has 0 aliphatic carbocycles. The molecular formula is C23H25ClN4O8S. The third-order valence-corrected chi connectivity index (χ3v) is 6.42. The SMILES string of the molecule is COc1ccc2c(c1)c(CCOC(=O)NS(=O)NCCCO[N+](=O)[O-])c(C)n2C(=O)c1ccc(Cl)cc1. The molecule has 0 spiro atoms. The van der Waals surface area contributed by atoms with Gasteiger partial charge < -0.3 is 14.3 Å². The van der Waals surface area contributed by atoms with Gasteiger partial charge in [-0.25, -0.2) is 18.4 Å². The molecule has 0 radical (unpaired) electrons. The minimum Gasteiger partial charge on any atom is -0.497 e. The Labute approximate surface area is 219 Å².